The average molecular weight is 515 g/mol. The zero-order chi connectivity index (χ0) is 20.4. The second kappa shape index (κ2) is 13.0. The van der Waals surface area contributed by atoms with Crippen molar-refractivity contribution < 1.29 is 18.9 Å². The molecule has 0 aromatic heterocycles. The van der Waals surface area contributed by atoms with Crippen molar-refractivity contribution in [1.29, 1.82) is 0 Å². The first kappa shape index (κ1) is 24.7. The SMILES string of the molecule is CN=C(NCc1cc(OC)c(OC)c(OC)c1)N(C)CCOc1ccccc1.I. The van der Waals surface area contributed by atoms with Gasteiger partial charge in [0.2, 0.25) is 5.75 Å². The molecule has 0 saturated heterocycles. The van der Waals surface area contributed by atoms with Gasteiger partial charge in [-0.1, -0.05) is 18.2 Å². The molecular formula is C21H30IN3O4. The molecule has 0 spiro atoms. The zero-order valence-corrected chi connectivity index (χ0v) is 19.9. The van der Waals surface area contributed by atoms with Crippen LogP contribution in [0.15, 0.2) is 47.5 Å². The molecule has 0 amide bonds. The van der Waals surface area contributed by atoms with Gasteiger partial charge in [-0.25, -0.2) is 0 Å². The molecule has 0 saturated carbocycles. The minimum absolute atomic E-state index is 0. The molecule has 0 radical (unpaired) electrons. The summed E-state index contributed by atoms with van der Waals surface area (Å²) in [6, 6.07) is 13.6. The summed E-state index contributed by atoms with van der Waals surface area (Å²) in [7, 11) is 8.53. The van der Waals surface area contributed by atoms with Crippen LogP contribution in [0, 0.1) is 0 Å². The summed E-state index contributed by atoms with van der Waals surface area (Å²) in [4.78, 5) is 6.35. The topological polar surface area (TPSA) is 64.6 Å². The van der Waals surface area contributed by atoms with Gasteiger partial charge in [-0.2, -0.15) is 0 Å². The fourth-order valence-corrected chi connectivity index (χ4v) is 2.73. The first-order chi connectivity index (χ1) is 13.6. The summed E-state index contributed by atoms with van der Waals surface area (Å²) in [5.41, 5.74) is 0.990. The largest absolute Gasteiger partial charge is 0.493 e. The van der Waals surface area contributed by atoms with E-state index in [-0.39, 0.29) is 24.0 Å². The van der Waals surface area contributed by atoms with Crippen LogP contribution in [-0.4, -0.2) is 59.4 Å². The van der Waals surface area contributed by atoms with E-state index in [1.165, 1.54) is 0 Å². The van der Waals surface area contributed by atoms with Crippen LogP contribution in [0.4, 0.5) is 0 Å². The lowest BCUT2D eigenvalue weighted by Gasteiger charge is -2.22. The molecule has 0 aliphatic carbocycles. The minimum Gasteiger partial charge on any atom is -0.493 e. The first-order valence-corrected chi connectivity index (χ1v) is 9.01. The van der Waals surface area contributed by atoms with Gasteiger partial charge in [0, 0.05) is 20.6 Å². The van der Waals surface area contributed by atoms with Gasteiger partial charge in [-0.05, 0) is 29.8 Å². The Morgan fingerprint density at radius 2 is 1.62 bits per heavy atom. The quantitative estimate of drug-likeness (QED) is 0.314. The summed E-state index contributed by atoms with van der Waals surface area (Å²) in [5, 5.41) is 3.34. The van der Waals surface area contributed by atoms with Gasteiger partial charge in [0.15, 0.2) is 17.5 Å². The fraction of sp³-hybridized carbons (Fsp3) is 0.381. The van der Waals surface area contributed by atoms with Crippen LogP contribution >= 0.6 is 24.0 Å². The van der Waals surface area contributed by atoms with Gasteiger partial charge < -0.3 is 29.2 Å². The van der Waals surface area contributed by atoms with Gasteiger partial charge in [0.05, 0.1) is 27.9 Å². The van der Waals surface area contributed by atoms with Crippen LogP contribution in [0.5, 0.6) is 23.0 Å². The fourth-order valence-electron chi connectivity index (χ4n) is 2.73. The molecule has 8 heteroatoms. The molecule has 2 aromatic carbocycles. The molecule has 0 fully saturated rings. The number of guanidine groups is 1. The van der Waals surface area contributed by atoms with Crippen molar-refractivity contribution in [3.63, 3.8) is 0 Å². The molecule has 0 atom stereocenters. The lowest BCUT2D eigenvalue weighted by Crippen LogP contribution is -2.40. The Bertz CT molecular complexity index is 747. The van der Waals surface area contributed by atoms with E-state index >= 15 is 0 Å². The number of hydrogen-bond acceptors (Lipinski definition) is 5. The van der Waals surface area contributed by atoms with Crippen LogP contribution in [0.1, 0.15) is 5.56 Å². The normalized spacial score (nSPS) is 10.6. The molecule has 160 valence electrons. The summed E-state index contributed by atoms with van der Waals surface area (Å²) in [5.74, 6) is 3.45. The van der Waals surface area contributed by atoms with Crippen molar-refractivity contribution in [3.05, 3.63) is 48.0 Å². The number of aliphatic imine (C=N–C) groups is 1. The minimum atomic E-state index is 0. The Hall–Kier alpha value is -2.36. The van der Waals surface area contributed by atoms with Gasteiger partial charge in [0.1, 0.15) is 12.4 Å². The number of benzene rings is 2. The third kappa shape index (κ3) is 7.19. The monoisotopic (exact) mass is 515 g/mol. The molecule has 7 nitrogen and oxygen atoms in total. The Morgan fingerprint density at radius 3 is 2.14 bits per heavy atom. The number of nitrogens with zero attached hydrogens (tertiary/aromatic N) is 2. The Morgan fingerprint density at radius 1 is 1.00 bits per heavy atom. The van der Waals surface area contributed by atoms with E-state index in [4.69, 9.17) is 18.9 Å². The van der Waals surface area contributed by atoms with E-state index in [1.54, 1.807) is 28.4 Å². The van der Waals surface area contributed by atoms with Crippen molar-refractivity contribution in [3.8, 4) is 23.0 Å². The maximum Gasteiger partial charge on any atom is 0.203 e. The number of nitrogens with one attached hydrogen (secondary N) is 1. The molecular weight excluding hydrogens is 485 g/mol. The predicted octanol–water partition coefficient (Wildman–Crippen LogP) is 3.42. The van der Waals surface area contributed by atoms with Crippen LogP contribution in [0.25, 0.3) is 0 Å². The van der Waals surface area contributed by atoms with E-state index in [9.17, 15) is 0 Å². The molecule has 2 rings (SSSR count). The molecule has 0 unspecified atom stereocenters. The van der Waals surface area contributed by atoms with E-state index in [1.807, 2.05) is 54.4 Å². The maximum absolute atomic E-state index is 5.75. The van der Waals surface area contributed by atoms with E-state index in [0.29, 0.717) is 36.9 Å². The molecule has 0 aliphatic rings. The third-order valence-electron chi connectivity index (χ3n) is 4.19. The van der Waals surface area contributed by atoms with Gasteiger partial charge >= 0.3 is 0 Å². The van der Waals surface area contributed by atoms with Crippen LogP contribution in [0.2, 0.25) is 0 Å². The number of rotatable bonds is 9. The lowest BCUT2D eigenvalue weighted by atomic mass is 10.2. The average Bonchev–Trinajstić information content (AvgIpc) is 2.74. The predicted molar refractivity (Wildman–Crippen MR) is 126 cm³/mol. The van der Waals surface area contributed by atoms with E-state index in [0.717, 1.165) is 17.3 Å². The van der Waals surface area contributed by atoms with Gasteiger partial charge in [-0.3, -0.25) is 4.99 Å². The summed E-state index contributed by atoms with van der Waals surface area (Å²) in [6.07, 6.45) is 0. The smallest absolute Gasteiger partial charge is 0.203 e. The lowest BCUT2D eigenvalue weighted by molar-refractivity contribution is 0.281. The standard InChI is InChI=1S/C21H29N3O4.HI/c1-22-21(24(2)11-12-28-17-9-7-6-8-10-17)23-15-16-13-18(25-3)20(27-5)19(14-16)26-4;/h6-10,13-14H,11-12,15H2,1-5H3,(H,22,23);1H. The molecule has 1 N–H and O–H groups in total. The number of halogens is 1. The number of hydrogen-bond donors (Lipinski definition) is 1. The highest BCUT2D eigenvalue weighted by Crippen LogP contribution is 2.38. The molecule has 0 heterocycles. The number of methoxy groups -OCH3 is 3. The Balaban J connectivity index is 0.00000420. The van der Waals surface area contributed by atoms with Crippen molar-refractivity contribution in [2.75, 3.05) is 48.6 Å². The van der Waals surface area contributed by atoms with Crippen LogP contribution in [0.3, 0.4) is 0 Å². The second-order valence-electron chi connectivity index (χ2n) is 6.02. The van der Waals surface area contributed by atoms with Crippen molar-refractivity contribution in [1.82, 2.24) is 10.2 Å². The Kier molecular flexibility index (Phi) is 11.0. The van der Waals surface area contributed by atoms with Crippen LogP contribution < -0.4 is 24.3 Å². The highest BCUT2D eigenvalue weighted by molar-refractivity contribution is 14.0. The van der Waals surface area contributed by atoms with E-state index in [2.05, 4.69) is 10.3 Å². The van der Waals surface area contributed by atoms with E-state index < -0.39 is 0 Å². The van der Waals surface area contributed by atoms with Crippen LogP contribution in [-0.2, 0) is 6.54 Å². The summed E-state index contributed by atoms with van der Waals surface area (Å²) < 4.78 is 21.9. The first-order valence-electron chi connectivity index (χ1n) is 9.01. The van der Waals surface area contributed by atoms with Crippen molar-refractivity contribution >= 4 is 29.9 Å². The molecule has 0 bridgehead atoms. The summed E-state index contributed by atoms with van der Waals surface area (Å²) >= 11 is 0. The number of ether oxygens (including phenoxy) is 4. The Labute approximate surface area is 190 Å². The maximum atomic E-state index is 5.75. The van der Waals surface area contributed by atoms with Crippen molar-refractivity contribution in [2.45, 2.75) is 6.54 Å². The second-order valence-corrected chi connectivity index (χ2v) is 6.02. The highest BCUT2D eigenvalue weighted by Gasteiger charge is 2.14. The third-order valence-corrected chi connectivity index (χ3v) is 4.19. The molecule has 2 aromatic rings. The van der Waals surface area contributed by atoms with Gasteiger partial charge in [0.25, 0.3) is 0 Å². The van der Waals surface area contributed by atoms with Gasteiger partial charge in [-0.15, -0.1) is 24.0 Å². The molecule has 29 heavy (non-hydrogen) atoms. The number of para-hydroxylation sites is 1. The molecule has 0 aliphatic heterocycles. The zero-order valence-electron chi connectivity index (χ0n) is 17.6. The highest BCUT2D eigenvalue weighted by atomic mass is 127. The summed E-state index contributed by atoms with van der Waals surface area (Å²) in [6.45, 7) is 1.82. The van der Waals surface area contributed by atoms with Crippen molar-refractivity contribution in [2.24, 2.45) is 4.99 Å². The number of likely N-dealkylation sites (N-methyl/N-ethyl adjacent to an activating group) is 1.